The number of rotatable bonds is 4. The van der Waals surface area contributed by atoms with Crippen LogP contribution in [0.4, 0.5) is 11.4 Å². The number of hydrogen-bond donors (Lipinski definition) is 3. The molecule has 0 fully saturated rings. The minimum Gasteiger partial charge on any atom is -0.478 e. The molecule has 0 aliphatic heterocycles. The quantitative estimate of drug-likeness (QED) is 0.729. The van der Waals surface area contributed by atoms with E-state index in [2.05, 4.69) is 10.5 Å². The van der Waals surface area contributed by atoms with Gasteiger partial charge in [0, 0.05) is 17.4 Å². The first-order chi connectivity index (χ1) is 8.97. The standard InChI is InChI=1S/C13H15N3O3/c1-7-3-9(5-11(12(7)14)13(17)18)15-6-10-4-8(2)19-16-10/h3-5,15H,6,14H2,1-2H3,(H,17,18). The highest BCUT2D eigenvalue weighted by molar-refractivity contribution is 5.95. The highest BCUT2D eigenvalue weighted by atomic mass is 16.5. The topological polar surface area (TPSA) is 101 Å². The first-order valence-corrected chi connectivity index (χ1v) is 5.77. The van der Waals surface area contributed by atoms with Gasteiger partial charge in [-0.3, -0.25) is 0 Å². The molecule has 1 heterocycles. The number of nitrogens with zero attached hydrogens (tertiary/aromatic N) is 1. The van der Waals surface area contributed by atoms with Gasteiger partial charge in [0.25, 0.3) is 0 Å². The maximum atomic E-state index is 11.1. The van der Waals surface area contributed by atoms with Gasteiger partial charge in [-0.05, 0) is 31.5 Å². The van der Waals surface area contributed by atoms with Gasteiger partial charge in [0.05, 0.1) is 12.1 Å². The van der Waals surface area contributed by atoms with Crippen molar-refractivity contribution < 1.29 is 14.4 Å². The summed E-state index contributed by atoms with van der Waals surface area (Å²) in [6.07, 6.45) is 0. The van der Waals surface area contributed by atoms with Crippen molar-refractivity contribution >= 4 is 17.3 Å². The van der Waals surface area contributed by atoms with Gasteiger partial charge in [0.1, 0.15) is 11.5 Å². The van der Waals surface area contributed by atoms with E-state index >= 15 is 0 Å². The van der Waals surface area contributed by atoms with Crippen LogP contribution in [-0.2, 0) is 6.54 Å². The second kappa shape index (κ2) is 5.01. The number of aromatic nitrogens is 1. The van der Waals surface area contributed by atoms with Crippen molar-refractivity contribution in [2.75, 3.05) is 11.1 Å². The van der Waals surface area contributed by atoms with E-state index in [4.69, 9.17) is 15.4 Å². The van der Waals surface area contributed by atoms with Crippen LogP contribution in [-0.4, -0.2) is 16.2 Å². The molecule has 0 aliphatic rings. The fourth-order valence-electron chi connectivity index (χ4n) is 1.77. The van der Waals surface area contributed by atoms with Gasteiger partial charge in [0.15, 0.2) is 0 Å². The summed E-state index contributed by atoms with van der Waals surface area (Å²) < 4.78 is 4.95. The van der Waals surface area contributed by atoms with Crippen molar-refractivity contribution in [3.63, 3.8) is 0 Å². The molecule has 6 nitrogen and oxygen atoms in total. The fourth-order valence-corrected chi connectivity index (χ4v) is 1.77. The van der Waals surface area contributed by atoms with Gasteiger partial charge in [-0.15, -0.1) is 0 Å². The van der Waals surface area contributed by atoms with E-state index < -0.39 is 5.97 Å². The Morgan fingerprint density at radius 1 is 1.42 bits per heavy atom. The number of nitrogens with two attached hydrogens (primary N) is 1. The van der Waals surface area contributed by atoms with Gasteiger partial charge < -0.3 is 20.7 Å². The summed E-state index contributed by atoms with van der Waals surface area (Å²) in [7, 11) is 0. The van der Waals surface area contributed by atoms with E-state index in [0.29, 0.717) is 12.2 Å². The second-order valence-electron chi connectivity index (χ2n) is 4.34. The number of nitrogens with one attached hydrogen (secondary N) is 1. The van der Waals surface area contributed by atoms with Gasteiger partial charge in [-0.25, -0.2) is 4.79 Å². The maximum absolute atomic E-state index is 11.1. The Balaban J connectivity index is 2.19. The minimum absolute atomic E-state index is 0.0961. The van der Waals surface area contributed by atoms with Crippen LogP contribution in [0.3, 0.4) is 0 Å². The van der Waals surface area contributed by atoms with Gasteiger partial charge in [-0.1, -0.05) is 5.16 Å². The normalized spacial score (nSPS) is 10.4. The molecule has 4 N–H and O–H groups in total. The molecular formula is C13H15N3O3. The van der Waals surface area contributed by atoms with Crippen LogP contribution in [0, 0.1) is 13.8 Å². The molecule has 0 aliphatic carbocycles. The Hall–Kier alpha value is -2.50. The first kappa shape index (κ1) is 12.9. The summed E-state index contributed by atoms with van der Waals surface area (Å²) >= 11 is 0. The molecule has 2 aromatic rings. The highest BCUT2D eigenvalue weighted by Crippen LogP contribution is 2.23. The lowest BCUT2D eigenvalue weighted by Gasteiger charge is -2.10. The zero-order valence-corrected chi connectivity index (χ0v) is 10.7. The number of carboxylic acid groups (broad SMARTS) is 1. The minimum atomic E-state index is -1.04. The molecule has 6 heteroatoms. The second-order valence-corrected chi connectivity index (χ2v) is 4.34. The molecule has 0 amide bonds. The maximum Gasteiger partial charge on any atom is 0.337 e. The monoisotopic (exact) mass is 261 g/mol. The Bertz CT molecular complexity index is 620. The summed E-state index contributed by atoms with van der Waals surface area (Å²) in [4.78, 5) is 11.1. The van der Waals surface area contributed by atoms with Crippen molar-refractivity contribution in [2.45, 2.75) is 20.4 Å². The van der Waals surface area contributed by atoms with Crippen LogP contribution in [0.15, 0.2) is 22.7 Å². The summed E-state index contributed by atoms with van der Waals surface area (Å²) in [6.45, 7) is 4.04. The van der Waals surface area contributed by atoms with Gasteiger partial charge in [-0.2, -0.15) is 0 Å². The largest absolute Gasteiger partial charge is 0.478 e. The van der Waals surface area contributed by atoms with E-state index in [1.165, 1.54) is 6.07 Å². The smallest absolute Gasteiger partial charge is 0.337 e. The van der Waals surface area contributed by atoms with Crippen LogP contribution in [0.25, 0.3) is 0 Å². The first-order valence-electron chi connectivity index (χ1n) is 5.77. The molecule has 0 bridgehead atoms. The van der Waals surface area contributed by atoms with Crippen LogP contribution >= 0.6 is 0 Å². The number of aromatic carboxylic acids is 1. The summed E-state index contributed by atoms with van der Waals surface area (Å²) in [5.74, 6) is -0.307. The summed E-state index contributed by atoms with van der Waals surface area (Å²) in [5, 5.41) is 16.0. The van der Waals surface area contributed by atoms with E-state index in [9.17, 15) is 4.79 Å². The van der Waals surface area contributed by atoms with E-state index in [-0.39, 0.29) is 11.3 Å². The van der Waals surface area contributed by atoms with E-state index in [1.54, 1.807) is 13.0 Å². The Morgan fingerprint density at radius 2 is 2.16 bits per heavy atom. The van der Waals surface area contributed by atoms with E-state index in [0.717, 1.165) is 17.0 Å². The van der Waals surface area contributed by atoms with Crippen molar-refractivity contribution in [1.29, 1.82) is 0 Å². The van der Waals surface area contributed by atoms with Crippen molar-refractivity contribution in [3.05, 3.63) is 40.8 Å². The molecule has 0 saturated carbocycles. The van der Waals surface area contributed by atoms with Crippen LogP contribution in [0.5, 0.6) is 0 Å². The van der Waals surface area contributed by atoms with Crippen molar-refractivity contribution in [2.24, 2.45) is 0 Å². The predicted molar refractivity (Wildman–Crippen MR) is 71.1 cm³/mol. The molecule has 0 radical (unpaired) electrons. The Morgan fingerprint density at radius 3 is 2.74 bits per heavy atom. The third kappa shape index (κ3) is 2.85. The summed E-state index contributed by atoms with van der Waals surface area (Å²) in [5.41, 5.74) is 8.27. The average Bonchev–Trinajstić information content (AvgIpc) is 2.76. The van der Waals surface area contributed by atoms with E-state index in [1.807, 2.05) is 13.0 Å². The average molecular weight is 261 g/mol. The zero-order chi connectivity index (χ0) is 14.0. The SMILES string of the molecule is Cc1cc(CNc2cc(C)c(N)c(C(=O)O)c2)no1. The molecular weight excluding hydrogens is 246 g/mol. The van der Waals surface area contributed by atoms with Gasteiger partial charge in [0.2, 0.25) is 0 Å². The molecule has 0 saturated heterocycles. The predicted octanol–water partition coefficient (Wildman–Crippen LogP) is 2.18. The fraction of sp³-hybridized carbons (Fsp3) is 0.231. The molecule has 0 unspecified atom stereocenters. The Kier molecular flexibility index (Phi) is 3.41. The van der Waals surface area contributed by atoms with Gasteiger partial charge >= 0.3 is 5.97 Å². The van der Waals surface area contributed by atoms with Crippen molar-refractivity contribution in [3.8, 4) is 0 Å². The third-order valence-corrected chi connectivity index (χ3v) is 2.77. The lowest BCUT2D eigenvalue weighted by atomic mass is 10.1. The number of hydrogen-bond acceptors (Lipinski definition) is 5. The molecule has 2 rings (SSSR count). The van der Waals surface area contributed by atoms with Crippen molar-refractivity contribution in [1.82, 2.24) is 5.16 Å². The highest BCUT2D eigenvalue weighted by Gasteiger charge is 2.11. The van der Waals surface area contributed by atoms with Crippen LogP contribution in [0.1, 0.15) is 27.4 Å². The zero-order valence-electron chi connectivity index (χ0n) is 10.7. The number of anilines is 2. The number of aryl methyl sites for hydroxylation is 2. The van der Waals surface area contributed by atoms with Crippen LogP contribution in [0.2, 0.25) is 0 Å². The molecule has 0 spiro atoms. The number of carboxylic acids is 1. The lowest BCUT2D eigenvalue weighted by Crippen LogP contribution is -2.07. The molecule has 19 heavy (non-hydrogen) atoms. The lowest BCUT2D eigenvalue weighted by molar-refractivity contribution is 0.0698. The Labute approximate surface area is 110 Å². The number of nitrogen functional groups attached to an aromatic ring is 1. The van der Waals surface area contributed by atoms with Crippen LogP contribution < -0.4 is 11.1 Å². The number of benzene rings is 1. The third-order valence-electron chi connectivity index (χ3n) is 2.77. The molecule has 100 valence electrons. The summed E-state index contributed by atoms with van der Waals surface area (Å²) in [6, 6.07) is 5.13. The molecule has 1 aromatic carbocycles. The molecule has 1 aromatic heterocycles. The number of carbonyl (C=O) groups is 1. The molecule has 0 atom stereocenters.